The highest BCUT2D eigenvalue weighted by molar-refractivity contribution is 9.10. The summed E-state index contributed by atoms with van der Waals surface area (Å²) in [5.41, 5.74) is 1.56. The lowest BCUT2D eigenvalue weighted by molar-refractivity contribution is 0.0115. The van der Waals surface area contributed by atoms with E-state index in [0.717, 1.165) is 15.7 Å². The lowest BCUT2D eigenvalue weighted by Gasteiger charge is -2.37. The van der Waals surface area contributed by atoms with Crippen LogP contribution in [0.1, 0.15) is 32.8 Å². The van der Waals surface area contributed by atoms with Crippen LogP contribution >= 0.6 is 15.9 Å². The number of rotatable bonds is 3. The van der Waals surface area contributed by atoms with Gasteiger partial charge in [-0.15, -0.1) is 0 Å². The number of carbonyl (C=O) groups is 1. The first-order valence-corrected chi connectivity index (χ1v) is 10.4. The Hall–Kier alpha value is -1.41. The van der Waals surface area contributed by atoms with Gasteiger partial charge in [0.2, 0.25) is 0 Å². The number of alkyl halides is 2. The molecule has 2 fully saturated rings. The van der Waals surface area contributed by atoms with Crippen LogP contribution in [-0.4, -0.2) is 66.7 Å². The molecule has 8 heteroatoms. The summed E-state index contributed by atoms with van der Waals surface area (Å²) in [5, 5.41) is 0. The second-order valence-electron chi connectivity index (χ2n) is 8.54. The third-order valence-corrected chi connectivity index (χ3v) is 5.45. The van der Waals surface area contributed by atoms with Crippen molar-refractivity contribution >= 4 is 27.7 Å². The van der Waals surface area contributed by atoms with Crippen LogP contribution in [0.4, 0.5) is 19.3 Å². The Balaban J connectivity index is 1.65. The summed E-state index contributed by atoms with van der Waals surface area (Å²) in [6, 6.07) is 6.00. The lowest BCUT2D eigenvalue weighted by atomic mass is 10.1. The molecule has 0 atom stereocenters. The third-order valence-electron chi connectivity index (χ3n) is 4.96. The van der Waals surface area contributed by atoms with E-state index in [1.54, 1.807) is 4.90 Å². The molecule has 2 heterocycles. The van der Waals surface area contributed by atoms with Crippen LogP contribution in [0, 0.1) is 0 Å². The number of likely N-dealkylation sites (tertiary alicyclic amines) is 1. The summed E-state index contributed by atoms with van der Waals surface area (Å²) in [6.45, 7) is 8.81. The Morgan fingerprint density at radius 2 is 1.86 bits per heavy atom. The van der Waals surface area contributed by atoms with E-state index in [0.29, 0.717) is 39.3 Å². The van der Waals surface area contributed by atoms with Crippen molar-refractivity contribution in [1.82, 2.24) is 9.80 Å². The lowest BCUT2D eigenvalue weighted by Crippen LogP contribution is -2.50. The highest BCUT2D eigenvalue weighted by Crippen LogP contribution is 2.32. The van der Waals surface area contributed by atoms with Crippen LogP contribution < -0.4 is 4.90 Å². The van der Waals surface area contributed by atoms with Crippen molar-refractivity contribution in [2.75, 3.05) is 44.2 Å². The van der Waals surface area contributed by atoms with Crippen molar-refractivity contribution in [1.29, 1.82) is 0 Å². The number of piperazine rings is 1. The molecule has 0 bridgehead atoms. The molecule has 0 spiro atoms. The van der Waals surface area contributed by atoms with Gasteiger partial charge >= 0.3 is 6.09 Å². The second kappa shape index (κ2) is 8.14. The molecule has 156 valence electrons. The number of carbonyl (C=O) groups excluding carboxylic acids is 1. The number of benzene rings is 1. The van der Waals surface area contributed by atoms with Crippen LogP contribution in [0.5, 0.6) is 0 Å². The minimum atomic E-state index is -2.59. The SMILES string of the molecule is CC(C)(C)OC(=O)N1CCN(c2ccc(Br)cc2CN2CCC(F)(F)C2)CC1. The zero-order valence-corrected chi connectivity index (χ0v) is 18.3. The molecule has 2 aliphatic heterocycles. The molecule has 1 aromatic carbocycles. The molecule has 0 N–H and O–H groups in total. The first-order chi connectivity index (χ1) is 13.0. The van der Waals surface area contributed by atoms with E-state index in [2.05, 4.69) is 20.8 Å². The number of amides is 1. The second-order valence-corrected chi connectivity index (χ2v) is 9.46. The average molecular weight is 460 g/mol. The Labute approximate surface area is 173 Å². The van der Waals surface area contributed by atoms with Crippen molar-refractivity contribution in [2.24, 2.45) is 0 Å². The molecule has 28 heavy (non-hydrogen) atoms. The first-order valence-electron chi connectivity index (χ1n) is 9.64. The van der Waals surface area contributed by atoms with Crippen molar-refractivity contribution in [2.45, 2.75) is 45.3 Å². The molecule has 0 aliphatic carbocycles. The smallest absolute Gasteiger partial charge is 0.410 e. The van der Waals surface area contributed by atoms with Crippen molar-refractivity contribution < 1.29 is 18.3 Å². The van der Waals surface area contributed by atoms with Gasteiger partial charge in [0.1, 0.15) is 5.60 Å². The summed E-state index contributed by atoms with van der Waals surface area (Å²) in [4.78, 5) is 18.0. The summed E-state index contributed by atoms with van der Waals surface area (Å²) < 4.78 is 33.5. The zero-order valence-electron chi connectivity index (χ0n) is 16.7. The Kier molecular flexibility index (Phi) is 6.20. The molecule has 2 aliphatic rings. The zero-order chi connectivity index (χ0) is 20.5. The number of hydrogen-bond acceptors (Lipinski definition) is 4. The van der Waals surface area contributed by atoms with Crippen LogP contribution in [-0.2, 0) is 11.3 Å². The molecule has 1 amide bonds. The minimum Gasteiger partial charge on any atom is -0.444 e. The van der Waals surface area contributed by atoms with E-state index in [1.807, 2.05) is 43.9 Å². The summed E-state index contributed by atoms with van der Waals surface area (Å²) in [7, 11) is 0. The number of hydrogen-bond donors (Lipinski definition) is 0. The molecule has 0 radical (unpaired) electrons. The fourth-order valence-electron chi connectivity index (χ4n) is 3.63. The van der Waals surface area contributed by atoms with Crippen LogP contribution in [0.2, 0.25) is 0 Å². The predicted octanol–water partition coefficient (Wildman–Crippen LogP) is 4.35. The van der Waals surface area contributed by atoms with Crippen molar-refractivity contribution in [3.05, 3.63) is 28.2 Å². The topological polar surface area (TPSA) is 36.0 Å². The third kappa shape index (κ3) is 5.56. The molecule has 0 saturated carbocycles. The molecule has 2 saturated heterocycles. The maximum atomic E-state index is 13.6. The van der Waals surface area contributed by atoms with E-state index >= 15 is 0 Å². The van der Waals surface area contributed by atoms with Gasteiger partial charge in [0, 0.05) is 55.8 Å². The highest BCUT2D eigenvalue weighted by atomic mass is 79.9. The first kappa shape index (κ1) is 21.3. The summed E-state index contributed by atoms with van der Waals surface area (Å²) in [5.74, 6) is -2.59. The number of halogens is 3. The van der Waals surface area contributed by atoms with Crippen LogP contribution in [0.15, 0.2) is 22.7 Å². The maximum Gasteiger partial charge on any atom is 0.410 e. The molecule has 0 aromatic heterocycles. The Morgan fingerprint density at radius 3 is 2.43 bits per heavy atom. The van der Waals surface area contributed by atoms with E-state index in [-0.39, 0.29) is 19.1 Å². The molecule has 1 aromatic rings. The summed E-state index contributed by atoms with van der Waals surface area (Å²) in [6.07, 6.45) is -0.368. The molecular formula is C20H28BrF2N3O2. The monoisotopic (exact) mass is 459 g/mol. The van der Waals surface area contributed by atoms with Gasteiger partial charge in [-0.1, -0.05) is 15.9 Å². The van der Waals surface area contributed by atoms with E-state index in [4.69, 9.17) is 4.74 Å². The predicted molar refractivity (Wildman–Crippen MR) is 109 cm³/mol. The fourth-order valence-corrected chi connectivity index (χ4v) is 4.04. The van der Waals surface area contributed by atoms with Gasteiger partial charge in [0.05, 0.1) is 6.54 Å². The van der Waals surface area contributed by atoms with Gasteiger partial charge in [0.25, 0.3) is 5.92 Å². The standard InChI is InChI=1S/C20H28BrF2N3O2/c1-19(2,3)28-18(27)26-10-8-25(9-11-26)17-5-4-16(21)12-15(17)13-24-7-6-20(22,23)14-24/h4-5,12H,6-11,13-14H2,1-3H3. The largest absolute Gasteiger partial charge is 0.444 e. The van der Waals surface area contributed by atoms with Gasteiger partial charge in [-0.2, -0.15) is 0 Å². The molecule has 0 unspecified atom stereocenters. The van der Waals surface area contributed by atoms with Crippen LogP contribution in [0.25, 0.3) is 0 Å². The number of anilines is 1. The highest BCUT2D eigenvalue weighted by Gasteiger charge is 2.38. The minimum absolute atomic E-state index is 0.0785. The van der Waals surface area contributed by atoms with Gasteiger partial charge in [-0.25, -0.2) is 13.6 Å². The van der Waals surface area contributed by atoms with Gasteiger partial charge in [-0.3, -0.25) is 4.90 Å². The molecular weight excluding hydrogens is 432 g/mol. The van der Waals surface area contributed by atoms with E-state index in [1.165, 1.54) is 0 Å². The van der Waals surface area contributed by atoms with E-state index in [9.17, 15) is 13.6 Å². The molecule has 3 rings (SSSR count). The van der Waals surface area contributed by atoms with Gasteiger partial charge in [-0.05, 0) is 44.5 Å². The van der Waals surface area contributed by atoms with Gasteiger partial charge < -0.3 is 14.5 Å². The van der Waals surface area contributed by atoms with E-state index < -0.39 is 11.5 Å². The average Bonchev–Trinajstić information content (AvgIpc) is 2.92. The van der Waals surface area contributed by atoms with Gasteiger partial charge in [0.15, 0.2) is 0 Å². The van der Waals surface area contributed by atoms with Crippen LogP contribution in [0.3, 0.4) is 0 Å². The Bertz CT molecular complexity index is 716. The number of nitrogens with zero attached hydrogens (tertiary/aromatic N) is 3. The quantitative estimate of drug-likeness (QED) is 0.673. The fraction of sp³-hybridized carbons (Fsp3) is 0.650. The van der Waals surface area contributed by atoms with Crippen molar-refractivity contribution in [3.63, 3.8) is 0 Å². The Morgan fingerprint density at radius 1 is 1.18 bits per heavy atom. The number of ether oxygens (including phenoxy) is 1. The summed E-state index contributed by atoms with van der Waals surface area (Å²) >= 11 is 3.49. The normalized spacial score (nSPS) is 20.5. The maximum absolute atomic E-state index is 13.6. The van der Waals surface area contributed by atoms with Crippen molar-refractivity contribution in [3.8, 4) is 0 Å². The molecule has 5 nitrogen and oxygen atoms in total.